The fraction of sp³-hybridized carbons (Fsp3) is 0.231. The lowest BCUT2D eigenvalue weighted by atomic mass is 10.0. The van der Waals surface area contributed by atoms with E-state index in [0.717, 1.165) is 33.5 Å². The van der Waals surface area contributed by atoms with Crippen molar-refractivity contribution in [3.8, 4) is 28.4 Å². The summed E-state index contributed by atoms with van der Waals surface area (Å²) in [6, 6.07) is 8.90. The van der Waals surface area contributed by atoms with Crippen molar-refractivity contribution in [1.29, 1.82) is 0 Å². The minimum absolute atomic E-state index is 0.116. The van der Waals surface area contributed by atoms with Crippen molar-refractivity contribution in [3.05, 3.63) is 59.9 Å². The van der Waals surface area contributed by atoms with E-state index in [4.69, 9.17) is 26.4 Å². The van der Waals surface area contributed by atoms with E-state index < -0.39 is 11.6 Å². The summed E-state index contributed by atoms with van der Waals surface area (Å²) in [7, 11) is 4.25. The third kappa shape index (κ3) is 3.60. The van der Waals surface area contributed by atoms with E-state index in [0.29, 0.717) is 12.2 Å². The molecule has 0 saturated heterocycles. The third-order valence-electron chi connectivity index (χ3n) is 6.35. The van der Waals surface area contributed by atoms with Crippen molar-refractivity contribution in [2.75, 3.05) is 37.7 Å². The Hall–Kier alpha value is -3.92. The Morgan fingerprint density at radius 2 is 1.67 bits per heavy atom. The molecule has 4 aromatic rings. The maximum Gasteiger partial charge on any atom is 0.192 e. The number of pyridine rings is 1. The van der Waals surface area contributed by atoms with E-state index in [2.05, 4.69) is 9.97 Å². The van der Waals surface area contributed by atoms with E-state index >= 15 is 8.78 Å². The Labute approximate surface area is 212 Å². The van der Waals surface area contributed by atoms with Crippen molar-refractivity contribution in [2.24, 2.45) is 0 Å². The zero-order valence-corrected chi connectivity index (χ0v) is 21.0. The fourth-order valence-corrected chi connectivity index (χ4v) is 4.97. The summed E-state index contributed by atoms with van der Waals surface area (Å²) in [5.41, 5.74) is 3.89. The Kier molecular flexibility index (Phi) is 6.13. The standard InChI is InChI=1S/C26H24F2N4O3S/c1-5-31-23-15(11-29-25-20(23)17(12-30-25)14-6-8-16(33-2)9-7-14)13-32(26(31)36)24-21(27)18(34-3)10-19(35-4)22(24)28/h6-12H,5,13H2,1-4H3,(H,29,30). The number of hydrogen-bond donors (Lipinski definition) is 1. The molecule has 186 valence electrons. The van der Waals surface area contributed by atoms with Crippen LogP contribution in [0.2, 0.25) is 0 Å². The highest BCUT2D eigenvalue weighted by molar-refractivity contribution is 7.80. The lowest BCUT2D eigenvalue weighted by Crippen LogP contribution is -2.48. The lowest BCUT2D eigenvalue weighted by molar-refractivity contribution is 0.359. The summed E-state index contributed by atoms with van der Waals surface area (Å²) >= 11 is 5.80. The second-order valence-electron chi connectivity index (χ2n) is 8.16. The average Bonchev–Trinajstić information content (AvgIpc) is 3.34. The predicted molar refractivity (Wildman–Crippen MR) is 139 cm³/mol. The van der Waals surface area contributed by atoms with Crippen LogP contribution in [0.15, 0.2) is 42.7 Å². The fourth-order valence-electron chi connectivity index (χ4n) is 4.60. The topological polar surface area (TPSA) is 62.8 Å². The highest BCUT2D eigenvalue weighted by Gasteiger charge is 2.35. The van der Waals surface area contributed by atoms with Crippen LogP contribution in [0.5, 0.6) is 17.2 Å². The minimum atomic E-state index is -0.854. The van der Waals surface area contributed by atoms with Crippen molar-refractivity contribution >= 4 is 39.7 Å². The van der Waals surface area contributed by atoms with Crippen LogP contribution < -0.4 is 24.0 Å². The minimum Gasteiger partial charge on any atom is -0.497 e. The van der Waals surface area contributed by atoms with Crippen LogP contribution in [0.25, 0.3) is 22.2 Å². The normalized spacial score (nSPS) is 13.2. The lowest BCUT2D eigenvalue weighted by Gasteiger charge is -2.40. The Morgan fingerprint density at radius 1 is 1.00 bits per heavy atom. The summed E-state index contributed by atoms with van der Waals surface area (Å²) in [4.78, 5) is 11.1. The van der Waals surface area contributed by atoms with E-state index in [1.54, 1.807) is 13.3 Å². The largest absolute Gasteiger partial charge is 0.497 e. The van der Waals surface area contributed by atoms with Crippen molar-refractivity contribution in [3.63, 3.8) is 0 Å². The quantitative estimate of drug-likeness (QED) is 0.336. The van der Waals surface area contributed by atoms with Gasteiger partial charge in [-0.05, 0) is 36.8 Å². The first kappa shape index (κ1) is 23.8. The van der Waals surface area contributed by atoms with Gasteiger partial charge in [-0.25, -0.2) is 13.8 Å². The number of halogens is 2. The van der Waals surface area contributed by atoms with E-state index in [1.807, 2.05) is 42.3 Å². The molecule has 0 radical (unpaired) electrons. The van der Waals surface area contributed by atoms with Gasteiger partial charge in [0.1, 0.15) is 17.1 Å². The Bertz CT molecular complexity index is 1440. The second kappa shape index (κ2) is 9.27. The molecule has 0 saturated carbocycles. The number of H-pyrrole nitrogens is 1. The van der Waals surface area contributed by atoms with Crippen LogP contribution in [0.1, 0.15) is 12.5 Å². The summed E-state index contributed by atoms with van der Waals surface area (Å²) in [5.74, 6) is -1.23. The molecular formula is C26H24F2N4O3S. The number of rotatable bonds is 6. The van der Waals surface area contributed by atoms with Crippen LogP contribution in [0.3, 0.4) is 0 Å². The van der Waals surface area contributed by atoms with E-state index in [1.165, 1.54) is 25.2 Å². The molecule has 0 atom stereocenters. The molecule has 2 aromatic heterocycles. The first-order valence-electron chi connectivity index (χ1n) is 11.3. The number of ether oxygens (including phenoxy) is 3. The van der Waals surface area contributed by atoms with Gasteiger partial charge in [0.25, 0.3) is 0 Å². The van der Waals surface area contributed by atoms with Gasteiger partial charge >= 0.3 is 0 Å². The summed E-state index contributed by atoms with van der Waals surface area (Å²) in [6.07, 6.45) is 3.60. The average molecular weight is 511 g/mol. The van der Waals surface area contributed by atoms with Crippen LogP contribution >= 0.6 is 12.2 Å². The van der Waals surface area contributed by atoms with Crippen LogP contribution in [-0.2, 0) is 6.54 Å². The summed E-state index contributed by atoms with van der Waals surface area (Å²) in [6.45, 7) is 2.52. The first-order valence-corrected chi connectivity index (χ1v) is 11.7. The van der Waals surface area contributed by atoms with Crippen molar-refractivity contribution in [1.82, 2.24) is 9.97 Å². The molecule has 0 amide bonds. The summed E-state index contributed by atoms with van der Waals surface area (Å²) in [5, 5.41) is 1.14. The maximum atomic E-state index is 15.4. The van der Waals surface area contributed by atoms with Gasteiger partial charge in [0.05, 0.1) is 38.9 Å². The molecule has 1 aliphatic heterocycles. The molecule has 0 bridgehead atoms. The van der Waals surface area contributed by atoms with Gasteiger partial charge in [-0.1, -0.05) is 12.1 Å². The van der Waals surface area contributed by atoms with Gasteiger partial charge in [0.2, 0.25) is 0 Å². The number of aromatic nitrogens is 2. The second-order valence-corrected chi connectivity index (χ2v) is 8.52. The monoisotopic (exact) mass is 510 g/mol. The summed E-state index contributed by atoms with van der Waals surface area (Å²) < 4.78 is 46.3. The Balaban J connectivity index is 1.69. The molecule has 0 spiro atoms. The molecule has 1 aliphatic rings. The number of anilines is 2. The molecule has 3 heterocycles. The molecule has 36 heavy (non-hydrogen) atoms. The first-order chi connectivity index (χ1) is 17.4. The van der Waals surface area contributed by atoms with Crippen molar-refractivity contribution in [2.45, 2.75) is 13.5 Å². The molecule has 2 aromatic carbocycles. The van der Waals surface area contributed by atoms with Crippen LogP contribution in [-0.4, -0.2) is 43.0 Å². The molecule has 5 rings (SSSR count). The molecule has 7 nitrogen and oxygen atoms in total. The highest BCUT2D eigenvalue weighted by Crippen LogP contribution is 2.44. The SMILES string of the molecule is CCN1C(=S)N(c2c(F)c(OC)cc(OC)c2F)Cc2cnc3[nH]cc(-c4ccc(OC)cc4)c3c21. The number of aromatic amines is 1. The smallest absolute Gasteiger partial charge is 0.192 e. The zero-order chi connectivity index (χ0) is 25.6. The van der Waals surface area contributed by atoms with Gasteiger partial charge in [0, 0.05) is 36.1 Å². The highest BCUT2D eigenvalue weighted by atomic mass is 32.1. The van der Waals surface area contributed by atoms with Gasteiger partial charge in [-0.2, -0.15) is 0 Å². The number of benzene rings is 2. The van der Waals surface area contributed by atoms with Gasteiger partial charge in [0.15, 0.2) is 28.2 Å². The molecule has 0 unspecified atom stereocenters. The van der Waals surface area contributed by atoms with Crippen LogP contribution in [0, 0.1) is 11.6 Å². The third-order valence-corrected chi connectivity index (χ3v) is 6.79. The number of nitrogens with zero attached hydrogens (tertiary/aromatic N) is 3. The van der Waals surface area contributed by atoms with E-state index in [9.17, 15) is 0 Å². The number of methoxy groups -OCH3 is 3. The van der Waals surface area contributed by atoms with Gasteiger partial charge < -0.3 is 29.0 Å². The molecule has 0 fully saturated rings. The number of hydrogen-bond acceptors (Lipinski definition) is 5. The van der Waals surface area contributed by atoms with Crippen LogP contribution in [0.4, 0.5) is 20.2 Å². The zero-order valence-electron chi connectivity index (χ0n) is 20.2. The van der Waals surface area contributed by atoms with E-state index in [-0.39, 0.29) is 28.8 Å². The molecule has 0 aliphatic carbocycles. The number of thiocarbonyl (C=S) groups is 1. The number of nitrogens with one attached hydrogen (secondary N) is 1. The maximum absolute atomic E-state index is 15.4. The number of fused-ring (bicyclic) bond motifs is 3. The Morgan fingerprint density at radius 3 is 2.25 bits per heavy atom. The predicted octanol–water partition coefficient (Wildman–Crippen LogP) is 5.67. The molecular weight excluding hydrogens is 486 g/mol. The molecule has 1 N–H and O–H groups in total. The van der Waals surface area contributed by atoms with Gasteiger partial charge in [-0.15, -0.1) is 0 Å². The van der Waals surface area contributed by atoms with Gasteiger partial charge in [-0.3, -0.25) is 0 Å². The van der Waals surface area contributed by atoms with Crippen molar-refractivity contribution < 1.29 is 23.0 Å². The molecule has 10 heteroatoms.